The Bertz CT molecular complexity index is 696. The van der Waals surface area contributed by atoms with Crippen molar-refractivity contribution in [1.82, 2.24) is 24.5 Å². The second-order valence-corrected chi connectivity index (χ2v) is 7.38. The summed E-state index contributed by atoms with van der Waals surface area (Å²) in [5.41, 5.74) is 8.13. The van der Waals surface area contributed by atoms with Crippen LogP contribution in [0.4, 0.5) is 11.9 Å². The van der Waals surface area contributed by atoms with Crippen LogP contribution in [0, 0.1) is 13.8 Å². The molecule has 132 valence electrons. The highest BCUT2D eigenvalue weighted by atomic mass is 32.2. The van der Waals surface area contributed by atoms with Gasteiger partial charge in [0.2, 0.25) is 11.9 Å². The molecule has 0 unspecified atom stereocenters. The van der Waals surface area contributed by atoms with E-state index in [9.17, 15) is 0 Å². The van der Waals surface area contributed by atoms with Crippen LogP contribution in [0.25, 0.3) is 0 Å². The minimum Gasteiger partial charge on any atom is -0.368 e. The Kier molecular flexibility index (Phi) is 6.04. The quantitative estimate of drug-likeness (QED) is 0.769. The van der Waals surface area contributed by atoms with E-state index in [0.717, 1.165) is 30.2 Å². The molecule has 2 N–H and O–H groups in total. The monoisotopic (exact) mass is 349 g/mol. The largest absolute Gasteiger partial charge is 0.368 e. The normalized spacial score (nSPS) is 12.4. The van der Waals surface area contributed by atoms with E-state index in [4.69, 9.17) is 10.7 Å². The topological polar surface area (TPSA) is 85.8 Å². The van der Waals surface area contributed by atoms with Crippen LogP contribution in [0.1, 0.15) is 49.2 Å². The molecule has 2 rings (SSSR count). The number of hydrogen-bond donors (Lipinski definition) is 1. The lowest BCUT2D eigenvalue weighted by Crippen LogP contribution is -2.16. The third kappa shape index (κ3) is 4.17. The van der Waals surface area contributed by atoms with Gasteiger partial charge in [-0.05, 0) is 27.2 Å². The summed E-state index contributed by atoms with van der Waals surface area (Å²) in [4.78, 5) is 19.5. The zero-order chi connectivity index (χ0) is 17.9. The molecular weight excluding hydrogens is 322 g/mol. The summed E-state index contributed by atoms with van der Waals surface area (Å²) in [6.45, 7) is 9.43. The number of imidazole rings is 1. The van der Waals surface area contributed by atoms with Gasteiger partial charge in [0.15, 0.2) is 5.16 Å². The van der Waals surface area contributed by atoms with Gasteiger partial charge in [0.1, 0.15) is 5.82 Å². The average molecular weight is 350 g/mol. The number of nitrogens with two attached hydrogens (primary N) is 1. The molecule has 2 aromatic heterocycles. The molecule has 0 amide bonds. The lowest BCUT2D eigenvalue weighted by atomic mass is 10.3. The average Bonchev–Trinajstić information content (AvgIpc) is 2.79. The van der Waals surface area contributed by atoms with Crippen molar-refractivity contribution in [3.05, 3.63) is 17.2 Å². The number of aryl methyl sites for hydroxylation is 1. The van der Waals surface area contributed by atoms with Crippen molar-refractivity contribution >= 4 is 23.7 Å². The highest BCUT2D eigenvalue weighted by Gasteiger charge is 2.19. The van der Waals surface area contributed by atoms with Crippen molar-refractivity contribution in [3.8, 4) is 0 Å². The van der Waals surface area contributed by atoms with Gasteiger partial charge >= 0.3 is 0 Å². The number of rotatable bonds is 7. The molecule has 0 aliphatic rings. The molecule has 0 spiro atoms. The molecule has 0 fully saturated rings. The maximum Gasteiger partial charge on any atom is 0.229 e. The Morgan fingerprint density at radius 3 is 2.50 bits per heavy atom. The Morgan fingerprint density at radius 1 is 1.17 bits per heavy atom. The predicted octanol–water partition coefficient (Wildman–Crippen LogP) is 2.99. The van der Waals surface area contributed by atoms with Crippen molar-refractivity contribution in [2.24, 2.45) is 0 Å². The van der Waals surface area contributed by atoms with Crippen molar-refractivity contribution in [2.75, 3.05) is 24.7 Å². The standard InChI is InChI=1S/C16H27N7S/c1-7-8-9-23-11(3)10(2)18-16(23)24-12(4)13-19-14(17)21-15(20-13)22(5)6/h12H,7-9H2,1-6H3,(H2,17,19,20,21)/t12-/m0/s1. The molecule has 0 bridgehead atoms. The van der Waals surface area contributed by atoms with E-state index < -0.39 is 0 Å². The van der Waals surface area contributed by atoms with E-state index >= 15 is 0 Å². The minimum absolute atomic E-state index is 0.0376. The first-order chi connectivity index (χ1) is 11.3. The molecule has 7 nitrogen and oxygen atoms in total. The Hall–Kier alpha value is -1.83. The Labute approximate surface area is 148 Å². The maximum absolute atomic E-state index is 5.83. The SMILES string of the molecule is CCCCn1c(S[C@@H](C)c2nc(N)nc(N(C)C)n2)nc(C)c1C. The third-order valence-corrected chi connectivity index (χ3v) is 4.95. The van der Waals surface area contributed by atoms with Crippen LogP contribution in [0.5, 0.6) is 0 Å². The first kappa shape index (κ1) is 18.5. The molecular formula is C16H27N7S. The van der Waals surface area contributed by atoms with Gasteiger partial charge in [0.05, 0.1) is 10.9 Å². The number of anilines is 2. The van der Waals surface area contributed by atoms with Crippen LogP contribution in [-0.4, -0.2) is 38.6 Å². The van der Waals surface area contributed by atoms with Crippen LogP contribution < -0.4 is 10.6 Å². The van der Waals surface area contributed by atoms with Crippen molar-refractivity contribution in [3.63, 3.8) is 0 Å². The maximum atomic E-state index is 5.83. The van der Waals surface area contributed by atoms with Gasteiger partial charge in [0, 0.05) is 26.3 Å². The van der Waals surface area contributed by atoms with Crippen LogP contribution in [0.15, 0.2) is 5.16 Å². The second kappa shape index (κ2) is 7.83. The first-order valence-corrected chi connectivity index (χ1v) is 9.10. The highest BCUT2D eigenvalue weighted by molar-refractivity contribution is 7.99. The van der Waals surface area contributed by atoms with Gasteiger partial charge in [-0.3, -0.25) is 0 Å². The number of nitrogens with zero attached hydrogens (tertiary/aromatic N) is 6. The van der Waals surface area contributed by atoms with Crippen molar-refractivity contribution in [2.45, 2.75) is 57.5 Å². The lowest BCUT2D eigenvalue weighted by Gasteiger charge is -2.15. The van der Waals surface area contributed by atoms with E-state index in [-0.39, 0.29) is 11.2 Å². The molecule has 2 aromatic rings. The molecule has 0 saturated carbocycles. The van der Waals surface area contributed by atoms with E-state index in [1.165, 1.54) is 5.69 Å². The Balaban J connectivity index is 2.26. The highest BCUT2D eigenvalue weighted by Crippen LogP contribution is 2.34. The fourth-order valence-corrected chi connectivity index (χ4v) is 3.36. The van der Waals surface area contributed by atoms with Crippen LogP contribution >= 0.6 is 11.8 Å². The fourth-order valence-electron chi connectivity index (χ4n) is 2.28. The molecule has 0 aliphatic heterocycles. The summed E-state index contributed by atoms with van der Waals surface area (Å²) in [5.74, 6) is 1.50. The van der Waals surface area contributed by atoms with Gasteiger partial charge in [-0.2, -0.15) is 15.0 Å². The smallest absolute Gasteiger partial charge is 0.229 e. The summed E-state index contributed by atoms with van der Waals surface area (Å²) in [6, 6.07) is 0. The van der Waals surface area contributed by atoms with E-state index in [1.807, 2.05) is 19.0 Å². The fraction of sp³-hybridized carbons (Fsp3) is 0.625. The number of nitrogen functional groups attached to an aromatic ring is 1. The van der Waals surface area contributed by atoms with Crippen molar-refractivity contribution < 1.29 is 0 Å². The minimum atomic E-state index is 0.0376. The summed E-state index contributed by atoms with van der Waals surface area (Å²) in [7, 11) is 3.78. The zero-order valence-electron chi connectivity index (χ0n) is 15.4. The van der Waals surface area contributed by atoms with Gasteiger partial charge < -0.3 is 15.2 Å². The van der Waals surface area contributed by atoms with Crippen LogP contribution in [0.3, 0.4) is 0 Å². The summed E-state index contributed by atoms with van der Waals surface area (Å²) in [6.07, 6.45) is 2.30. The van der Waals surface area contributed by atoms with Gasteiger partial charge in [0.25, 0.3) is 0 Å². The zero-order valence-corrected chi connectivity index (χ0v) is 16.2. The Morgan fingerprint density at radius 2 is 1.88 bits per heavy atom. The summed E-state index contributed by atoms with van der Waals surface area (Å²) in [5, 5.41) is 1.05. The van der Waals surface area contributed by atoms with E-state index in [1.54, 1.807) is 11.8 Å². The van der Waals surface area contributed by atoms with Crippen LogP contribution in [-0.2, 0) is 6.54 Å². The first-order valence-electron chi connectivity index (χ1n) is 8.22. The molecule has 24 heavy (non-hydrogen) atoms. The molecule has 8 heteroatoms. The predicted molar refractivity (Wildman–Crippen MR) is 99.4 cm³/mol. The van der Waals surface area contributed by atoms with Gasteiger partial charge in [-0.1, -0.05) is 25.1 Å². The molecule has 1 atom stereocenters. The third-order valence-electron chi connectivity index (χ3n) is 3.86. The lowest BCUT2D eigenvalue weighted by molar-refractivity contribution is 0.574. The second-order valence-electron chi connectivity index (χ2n) is 6.08. The number of aromatic nitrogens is 5. The molecule has 0 aromatic carbocycles. The molecule has 0 saturated heterocycles. The summed E-state index contributed by atoms with van der Waals surface area (Å²) >= 11 is 1.66. The van der Waals surface area contributed by atoms with Crippen molar-refractivity contribution in [1.29, 1.82) is 0 Å². The van der Waals surface area contributed by atoms with E-state index in [2.05, 4.69) is 47.2 Å². The summed E-state index contributed by atoms with van der Waals surface area (Å²) < 4.78 is 2.29. The van der Waals surface area contributed by atoms with Gasteiger partial charge in [-0.25, -0.2) is 4.98 Å². The molecule has 0 radical (unpaired) electrons. The van der Waals surface area contributed by atoms with E-state index in [0.29, 0.717) is 11.8 Å². The number of thioether (sulfide) groups is 1. The number of unbranched alkanes of at least 4 members (excludes halogenated alkanes) is 1. The van der Waals surface area contributed by atoms with Crippen LogP contribution in [0.2, 0.25) is 0 Å². The molecule has 0 aliphatic carbocycles. The molecule has 2 heterocycles. The number of hydrogen-bond acceptors (Lipinski definition) is 7. The van der Waals surface area contributed by atoms with Gasteiger partial charge in [-0.15, -0.1) is 0 Å².